The van der Waals surface area contributed by atoms with Gasteiger partial charge in [-0.25, -0.2) is 22.8 Å². The Hall–Kier alpha value is -2.40. The predicted octanol–water partition coefficient (Wildman–Crippen LogP) is 5.11. The topological polar surface area (TPSA) is 91.2 Å². The number of pyridine rings is 1. The van der Waals surface area contributed by atoms with Gasteiger partial charge in [0.2, 0.25) is 15.0 Å². The molecule has 0 unspecified atom stereocenters. The summed E-state index contributed by atoms with van der Waals surface area (Å²) in [7, 11) is -5.78. The third-order valence-electron chi connectivity index (χ3n) is 6.28. The molecule has 3 aromatic rings. The number of nitrogens with zero attached hydrogens (tertiary/aromatic N) is 3. The summed E-state index contributed by atoms with van der Waals surface area (Å²) in [6.45, 7) is 10.7. The van der Waals surface area contributed by atoms with Crippen LogP contribution in [0, 0.1) is 5.82 Å². The molecule has 2 aromatic heterocycles. The van der Waals surface area contributed by atoms with Crippen molar-refractivity contribution in [3.63, 3.8) is 0 Å². The number of benzene rings is 1. The van der Waals surface area contributed by atoms with Gasteiger partial charge in [-0.1, -0.05) is 38.4 Å². The second-order valence-corrected chi connectivity index (χ2v) is 17.0. The predicted molar refractivity (Wildman–Crippen MR) is 138 cm³/mol. The second kappa shape index (κ2) is 9.92. The van der Waals surface area contributed by atoms with Crippen LogP contribution in [0.15, 0.2) is 58.7 Å². The Labute approximate surface area is 211 Å². The van der Waals surface area contributed by atoms with Crippen molar-refractivity contribution < 1.29 is 17.2 Å². The Bertz CT molecular complexity index is 1400. The van der Waals surface area contributed by atoms with E-state index in [9.17, 15) is 17.6 Å². The van der Waals surface area contributed by atoms with Crippen molar-refractivity contribution in [1.82, 2.24) is 14.5 Å². The molecule has 1 atom stereocenters. The first-order valence-electron chi connectivity index (χ1n) is 10.9. The summed E-state index contributed by atoms with van der Waals surface area (Å²) in [6.07, 6.45) is 3.92. The minimum Gasteiger partial charge on any atom is -0.414 e. The molecule has 35 heavy (non-hydrogen) atoms. The highest BCUT2D eigenvalue weighted by Gasteiger charge is 2.38. The van der Waals surface area contributed by atoms with E-state index in [4.69, 9.17) is 16.0 Å². The zero-order chi connectivity index (χ0) is 26.2. The van der Waals surface area contributed by atoms with Gasteiger partial charge in [0.25, 0.3) is 5.56 Å². The number of hydrogen-bond donors (Lipinski definition) is 0. The summed E-state index contributed by atoms with van der Waals surface area (Å²) in [6, 6.07) is 8.38. The van der Waals surface area contributed by atoms with Crippen LogP contribution >= 0.6 is 11.6 Å². The minimum absolute atomic E-state index is 0.00838. The van der Waals surface area contributed by atoms with Crippen molar-refractivity contribution in [2.75, 3.05) is 12.9 Å². The van der Waals surface area contributed by atoms with E-state index in [1.165, 1.54) is 35.0 Å². The molecule has 0 radical (unpaired) electrons. The molecule has 11 heteroatoms. The van der Waals surface area contributed by atoms with Crippen LogP contribution in [-0.4, -0.2) is 44.1 Å². The van der Waals surface area contributed by atoms with E-state index in [1.54, 1.807) is 18.3 Å². The molecule has 3 rings (SSSR count). The van der Waals surface area contributed by atoms with Gasteiger partial charge in [0.1, 0.15) is 5.82 Å². The highest BCUT2D eigenvalue weighted by molar-refractivity contribution is 7.90. The van der Waals surface area contributed by atoms with Crippen molar-refractivity contribution in [2.24, 2.45) is 0 Å². The van der Waals surface area contributed by atoms with Crippen molar-refractivity contribution >= 4 is 29.8 Å². The fraction of sp³-hybridized carbons (Fsp3) is 0.375. The monoisotopic (exact) mass is 537 g/mol. The van der Waals surface area contributed by atoms with Gasteiger partial charge in [-0.2, -0.15) is 0 Å². The van der Waals surface area contributed by atoms with Gasteiger partial charge in [-0.15, -0.1) is 0 Å². The van der Waals surface area contributed by atoms with E-state index < -0.39 is 30.0 Å². The van der Waals surface area contributed by atoms with Gasteiger partial charge in [0.15, 0.2) is 8.32 Å². The molecule has 0 aliphatic rings. The summed E-state index contributed by atoms with van der Waals surface area (Å²) in [5.74, 6) is -0.583. The first kappa shape index (κ1) is 27.2. The van der Waals surface area contributed by atoms with Crippen LogP contribution in [0.3, 0.4) is 0 Å². The lowest BCUT2D eigenvalue weighted by Gasteiger charge is -2.37. The maximum atomic E-state index is 14.3. The molecule has 0 saturated carbocycles. The lowest BCUT2D eigenvalue weighted by Crippen LogP contribution is -2.43. The molecule has 0 aliphatic heterocycles. The Kier molecular flexibility index (Phi) is 7.71. The molecule has 0 spiro atoms. The molecule has 0 fully saturated rings. The van der Waals surface area contributed by atoms with E-state index in [2.05, 4.69) is 43.8 Å². The maximum absolute atomic E-state index is 14.3. The lowest BCUT2D eigenvalue weighted by molar-refractivity contribution is 0.246. The van der Waals surface area contributed by atoms with Gasteiger partial charge in [-0.05, 0) is 48.0 Å². The van der Waals surface area contributed by atoms with E-state index in [-0.39, 0.29) is 27.4 Å². The van der Waals surface area contributed by atoms with Crippen LogP contribution in [0.4, 0.5) is 4.39 Å². The highest BCUT2D eigenvalue weighted by atomic mass is 35.5. The Morgan fingerprint density at radius 2 is 1.86 bits per heavy atom. The first-order chi connectivity index (χ1) is 16.1. The summed E-state index contributed by atoms with van der Waals surface area (Å²) in [5.41, 5.74) is 0.907. The number of sulfone groups is 1. The van der Waals surface area contributed by atoms with Crippen molar-refractivity contribution in [2.45, 2.75) is 50.1 Å². The van der Waals surface area contributed by atoms with Crippen molar-refractivity contribution in [3.8, 4) is 11.3 Å². The average molecular weight is 538 g/mol. The van der Waals surface area contributed by atoms with Crippen LogP contribution in [0.25, 0.3) is 11.3 Å². The molecule has 0 aliphatic carbocycles. The zero-order valence-electron chi connectivity index (χ0n) is 20.5. The number of hydrogen-bond acceptors (Lipinski definition) is 6. The standard InChI is InChI=1S/C24H29ClFN3O4SSi/c1-24(2,3)35(5,6)33-15-21(17-7-8-18(25)19(26)13-17)29-12-10-16(14-22(29)30)20-9-11-27-23(28-20)34(4,31)32/h7-14,21H,15H2,1-6H3/t21-/m1/s1. The van der Waals surface area contributed by atoms with Crippen LogP contribution in [0.1, 0.15) is 32.4 Å². The van der Waals surface area contributed by atoms with Crippen LogP contribution in [-0.2, 0) is 14.3 Å². The molecular weight excluding hydrogens is 509 g/mol. The van der Waals surface area contributed by atoms with E-state index in [0.29, 0.717) is 16.8 Å². The third kappa shape index (κ3) is 6.24. The van der Waals surface area contributed by atoms with Gasteiger partial charge >= 0.3 is 0 Å². The van der Waals surface area contributed by atoms with Crippen molar-refractivity contribution in [3.05, 3.63) is 75.5 Å². The zero-order valence-corrected chi connectivity index (χ0v) is 23.1. The van der Waals surface area contributed by atoms with Crippen LogP contribution in [0.2, 0.25) is 23.2 Å². The second-order valence-electron chi connectivity index (χ2n) is 9.92. The molecule has 0 saturated heterocycles. The van der Waals surface area contributed by atoms with Crippen LogP contribution in [0.5, 0.6) is 0 Å². The molecule has 0 bridgehead atoms. The molecular formula is C24H29ClFN3O4SSi. The molecule has 188 valence electrons. The third-order valence-corrected chi connectivity index (χ3v) is 11.9. The van der Waals surface area contributed by atoms with Gasteiger partial charge in [-0.3, -0.25) is 4.79 Å². The van der Waals surface area contributed by atoms with Gasteiger partial charge in [0.05, 0.1) is 23.4 Å². The van der Waals surface area contributed by atoms with Gasteiger partial charge < -0.3 is 8.99 Å². The molecule has 1 aromatic carbocycles. The summed E-state index contributed by atoms with van der Waals surface area (Å²) in [5, 5.41) is -0.385. The van der Waals surface area contributed by atoms with E-state index in [0.717, 1.165) is 6.26 Å². The SMILES string of the molecule is CC(C)(C)[Si](C)(C)OC[C@H](c1ccc(Cl)c(F)c1)n1ccc(-c2ccnc(S(C)(=O)=O)n2)cc1=O. The lowest BCUT2D eigenvalue weighted by atomic mass is 10.1. The number of halogens is 2. The molecule has 2 heterocycles. The Morgan fingerprint density at radius 3 is 2.43 bits per heavy atom. The summed E-state index contributed by atoms with van der Waals surface area (Å²) in [4.78, 5) is 21.1. The van der Waals surface area contributed by atoms with Crippen molar-refractivity contribution in [1.29, 1.82) is 0 Å². The number of aromatic nitrogens is 3. The normalized spacial score (nSPS) is 13.6. The fourth-order valence-electron chi connectivity index (χ4n) is 3.15. The molecule has 7 nitrogen and oxygen atoms in total. The Morgan fingerprint density at radius 1 is 1.17 bits per heavy atom. The molecule has 0 amide bonds. The smallest absolute Gasteiger partial charge is 0.251 e. The number of rotatable bonds is 7. The van der Waals surface area contributed by atoms with Crippen LogP contribution < -0.4 is 5.56 Å². The highest BCUT2D eigenvalue weighted by Crippen LogP contribution is 2.37. The molecule has 0 N–H and O–H groups in total. The first-order valence-corrected chi connectivity index (χ1v) is 16.1. The minimum atomic E-state index is -3.61. The summed E-state index contributed by atoms with van der Waals surface area (Å²) >= 11 is 5.88. The quantitative estimate of drug-likeness (QED) is 0.307. The van der Waals surface area contributed by atoms with E-state index >= 15 is 0 Å². The Balaban J connectivity index is 2.05. The fourth-order valence-corrected chi connectivity index (χ4v) is 4.79. The van der Waals surface area contributed by atoms with E-state index in [1.807, 2.05) is 0 Å². The summed E-state index contributed by atoms with van der Waals surface area (Å²) < 4.78 is 45.8. The van der Waals surface area contributed by atoms with Gasteiger partial charge in [0, 0.05) is 30.3 Å². The average Bonchev–Trinajstić information content (AvgIpc) is 2.75. The largest absolute Gasteiger partial charge is 0.414 e. The maximum Gasteiger partial charge on any atom is 0.251 e.